The molecule has 3 aromatic heterocycles. The first-order valence-corrected chi connectivity index (χ1v) is 11.3. The van der Waals surface area contributed by atoms with Gasteiger partial charge in [0.2, 0.25) is 0 Å². The Labute approximate surface area is 210 Å². The molecule has 0 bridgehead atoms. The molecule has 6 nitrogen and oxygen atoms in total. The normalized spacial score (nSPS) is 11.2. The fourth-order valence-electron chi connectivity index (χ4n) is 3.68. The van der Waals surface area contributed by atoms with Crippen molar-refractivity contribution in [1.29, 1.82) is 0 Å². The molecule has 0 spiro atoms. The third-order valence-corrected chi connectivity index (χ3v) is 5.41. The maximum Gasteiger partial charge on any atom is 0.573 e. The van der Waals surface area contributed by atoms with Crippen molar-refractivity contribution in [3.63, 3.8) is 0 Å². The summed E-state index contributed by atoms with van der Waals surface area (Å²) in [6.07, 6.45) is 2.09. The molecule has 0 radical (unpaired) electrons. The highest BCUT2D eigenvalue weighted by atomic mass is 19.4. The van der Waals surface area contributed by atoms with Crippen LogP contribution in [0.15, 0.2) is 104 Å². The Morgan fingerprint density at radius 3 is 2.22 bits per heavy atom. The highest BCUT2D eigenvalue weighted by molar-refractivity contribution is 5.73. The quantitative estimate of drug-likeness (QED) is 0.266. The number of ether oxygens (including phenoxy) is 1. The zero-order chi connectivity index (χ0) is 25.7. The number of alkyl halides is 3. The molecule has 5 rings (SSSR count). The van der Waals surface area contributed by atoms with Crippen molar-refractivity contribution in [3.8, 4) is 39.5 Å². The minimum atomic E-state index is -4.74. The van der Waals surface area contributed by atoms with Gasteiger partial charge < -0.3 is 10.1 Å². The summed E-state index contributed by atoms with van der Waals surface area (Å²) in [6, 6.07) is 22.8. The van der Waals surface area contributed by atoms with Crippen molar-refractivity contribution < 1.29 is 17.9 Å². The van der Waals surface area contributed by atoms with Gasteiger partial charge >= 0.3 is 6.36 Å². The van der Waals surface area contributed by atoms with E-state index in [-0.39, 0.29) is 5.75 Å². The molecular weight excluding hydrogens is 479 g/mol. The molecule has 5 aromatic rings. The second-order valence-electron chi connectivity index (χ2n) is 8.08. The Morgan fingerprint density at radius 2 is 1.49 bits per heavy atom. The van der Waals surface area contributed by atoms with Gasteiger partial charge in [0.25, 0.3) is 0 Å². The topological polar surface area (TPSA) is 72.8 Å². The maximum atomic E-state index is 12.5. The molecule has 9 heteroatoms. The van der Waals surface area contributed by atoms with Crippen molar-refractivity contribution in [2.24, 2.45) is 0 Å². The van der Waals surface area contributed by atoms with Crippen molar-refractivity contribution in [2.45, 2.75) is 12.9 Å². The van der Waals surface area contributed by atoms with E-state index in [2.05, 4.69) is 20.0 Å². The lowest BCUT2D eigenvalue weighted by atomic mass is 10.0. The van der Waals surface area contributed by atoms with Crippen LogP contribution in [-0.4, -0.2) is 26.3 Å². The van der Waals surface area contributed by atoms with E-state index in [1.54, 1.807) is 36.9 Å². The van der Waals surface area contributed by atoms with Crippen molar-refractivity contribution in [2.75, 3.05) is 5.32 Å². The number of nitrogens with zero attached hydrogens (tertiary/aromatic N) is 4. The van der Waals surface area contributed by atoms with Gasteiger partial charge in [-0.25, -0.2) is 9.97 Å². The second kappa shape index (κ2) is 10.4. The second-order valence-corrected chi connectivity index (χ2v) is 8.08. The molecular formula is C28H20F3N5O. The average molecular weight is 499 g/mol. The van der Waals surface area contributed by atoms with Crippen LogP contribution in [-0.2, 0) is 6.54 Å². The van der Waals surface area contributed by atoms with Crippen LogP contribution in [0.4, 0.5) is 19.0 Å². The van der Waals surface area contributed by atoms with Gasteiger partial charge in [0.05, 0.1) is 5.69 Å². The zero-order valence-corrected chi connectivity index (χ0v) is 19.4. The number of rotatable bonds is 7. The van der Waals surface area contributed by atoms with Crippen LogP contribution in [0.25, 0.3) is 33.8 Å². The molecule has 0 aliphatic carbocycles. The van der Waals surface area contributed by atoms with Gasteiger partial charge in [0.15, 0.2) is 5.82 Å². The molecule has 0 saturated heterocycles. The van der Waals surface area contributed by atoms with Crippen molar-refractivity contribution >= 4 is 5.82 Å². The molecule has 0 fully saturated rings. The van der Waals surface area contributed by atoms with E-state index < -0.39 is 6.36 Å². The zero-order valence-electron chi connectivity index (χ0n) is 19.4. The molecule has 1 N–H and O–H groups in total. The summed E-state index contributed by atoms with van der Waals surface area (Å²) in [4.78, 5) is 18.0. The summed E-state index contributed by atoms with van der Waals surface area (Å²) in [5.41, 5.74) is 4.66. The number of nitrogens with one attached hydrogen (secondary N) is 1. The number of pyridine rings is 2. The van der Waals surface area contributed by atoms with Gasteiger partial charge in [-0.15, -0.1) is 13.2 Å². The summed E-state index contributed by atoms with van der Waals surface area (Å²) >= 11 is 0. The van der Waals surface area contributed by atoms with Gasteiger partial charge in [-0.05, 0) is 35.4 Å². The number of hydrogen-bond donors (Lipinski definition) is 1. The summed E-state index contributed by atoms with van der Waals surface area (Å²) in [6.45, 7) is 0.531. The molecule has 184 valence electrons. The van der Waals surface area contributed by atoms with Gasteiger partial charge in [-0.1, -0.05) is 48.5 Å². The van der Waals surface area contributed by atoms with E-state index in [0.29, 0.717) is 29.4 Å². The molecule has 37 heavy (non-hydrogen) atoms. The number of benzene rings is 2. The molecule has 0 saturated carbocycles. The van der Waals surface area contributed by atoms with Crippen LogP contribution in [0.2, 0.25) is 0 Å². The molecule has 0 unspecified atom stereocenters. The fourth-order valence-corrected chi connectivity index (χ4v) is 3.68. The van der Waals surface area contributed by atoms with E-state index in [9.17, 15) is 13.2 Å². The third-order valence-electron chi connectivity index (χ3n) is 5.41. The third kappa shape index (κ3) is 6.26. The van der Waals surface area contributed by atoms with Gasteiger partial charge in [-0.3, -0.25) is 9.97 Å². The summed E-state index contributed by atoms with van der Waals surface area (Å²) in [5, 5.41) is 3.34. The van der Waals surface area contributed by atoms with Crippen LogP contribution in [0, 0.1) is 0 Å². The van der Waals surface area contributed by atoms with Crippen molar-refractivity contribution in [3.05, 3.63) is 109 Å². The first kappa shape index (κ1) is 23.9. The molecule has 0 atom stereocenters. The van der Waals surface area contributed by atoms with Crippen LogP contribution in [0.3, 0.4) is 0 Å². The Balaban J connectivity index is 1.47. The van der Waals surface area contributed by atoms with Gasteiger partial charge in [0.1, 0.15) is 11.6 Å². The lowest BCUT2D eigenvalue weighted by molar-refractivity contribution is -0.274. The molecule has 3 heterocycles. The highest BCUT2D eigenvalue weighted by Gasteiger charge is 2.31. The standard InChI is InChI=1S/C28H20F3N5O/c29-28(30,31)37-24-10-8-20(9-11-24)22-13-23(18-33-17-22)25-14-26(34-16-19-5-4-12-32-15-19)36-27(35-25)21-6-2-1-3-7-21/h1-15,17-18H,16H2,(H,34,35,36). The molecule has 0 aliphatic rings. The lowest BCUT2D eigenvalue weighted by Gasteiger charge is -2.12. The van der Waals surface area contributed by atoms with E-state index in [1.165, 1.54) is 12.1 Å². The largest absolute Gasteiger partial charge is 0.573 e. The Morgan fingerprint density at radius 1 is 0.703 bits per heavy atom. The highest BCUT2D eigenvalue weighted by Crippen LogP contribution is 2.30. The summed E-state index contributed by atoms with van der Waals surface area (Å²) < 4.78 is 41.4. The summed E-state index contributed by atoms with van der Waals surface area (Å²) in [7, 11) is 0. The first-order valence-electron chi connectivity index (χ1n) is 11.3. The van der Waals surface area contributed by atoms with Gasteiger partial charge in [-0.2, -0.15) is 0 Å². The Bertz CT molecular complexity index is 1480. The monoisotopic (exact) mass is 499 g/mol. The van der Waals surface area contributed by atoms with E-state index in [0.717, 1.165) is 22.3 Å². The Hall–Kier alpha value is -4.79. The maximum absolute atomic E-state index is 12.5. The van der Waals surface area contributed by atoms with Crippen molar-refractivity contribution in [1.82, 2.24) is 19.9 Å². The van der Waals surface area contributed by atoms with Gasteiger partial charge in [0, 0.05) is 54.1 Å². The first-order chi connectivity index (χ1) is 17.9. The average Bonchev–Trinajstić information content (AvgIpc) is 2.92. The predicted molar refractivity (Wildman–Crippen MR) is 134 cm³/mol. The van der Waals surface area contributed by atoms with Crippen LogP contribution < -0.4 is 10.1 Å². The SMILES string of the molecule is FC(F)(F)Oc1ccc(-c2cncc(-c3cc(NCc4cccnc4)nc(-c4ccccc4)n3)c2)cc1. The van der Waals surface area contributed by atoms with E-state index in [4.69, 9.17) is 9.97 Å². The smallest absolute Gasteiger partial charge is 0.406 e. The van der Waals surface area contributed by atoms with Crippen LogP contribution >= 0.6 is 0 Å². The minimum Gasteiger partial charge on any atom is -0.406 e. The Kier molecular flexibility index (Phi) is 6.76. The summed E-state index contributed by atoms with van der Waals surface area (Å²) in [5.74, 6) is 0.894. The predicted octanol–water partition coefficient (Wildman–Crippen LogP) is 6.78. The number of hydrogen-bond acceptors (Lipinski definition) is 6. The van der Waals surface area contributed by atoms with E-state index in [1.807, 2.05) is 54.6 Å². The number of aromatic nitrogens is 4. The molecule has 2 aromatic carbocycles. The number of halogens is 3. The lowest BCUT2D eigenvalue weighted by Crippen LogP contribution is -2.16. The van der Waals surface area contributed by atoms with Crippen LogP contribution in [0.1, 0.15) is 5.56 Å². The minimum absolute atomic E-state index is 0.284. The van der Waals surface area contributed by atoms with Crippen LogP contribution in [0.5, 0.6) is 5.75 Å². The molecule has 0 amide bonds. The fraction of sp³-hybridized carbons (Fsp3) is 0.0714. The number of anilines is 1. The van der Waals surface area contributed by atoms with E-state index >= 15 is 0 Å². The molecule has 0 aliphatic heterocycles.